The third kappa shape index (κ3) is 2.28. The highest BCUT2D eigenvalue weighted by molar-refractivity contribution is 5.70. The topological polar surface area (TPSA) is 46.5 Å². The van der Waals surface area contributed by atoms with Crippen LogP contribution in [0.1, 0.15) is 0 Å². The van der Waals surface area contributed by atoms with Gasteiger partial charge in [-0.3, -0.25) is 4.79 Å². The number of ether oxygens (including phenoxy) is 1. The second-order valence-electron chi connectivity index (χ2n) is 3.58. The van der Waals surface area contributed by atoms with E-state index in [0.717, 1.165) is 5.56 Å². The van der Waals surface area contributed by atoms with Gasteiger partial charge in [-0.25, -0.2) is 0 Å². The quantitative estimate of drug-likeness (QED) is 0.858. The van der Waals surface area contributed by atoms with Crippen molar-refractivity contribution in [1.82, 2.24) is 0 Å². The first-order chi connectivity index (χ1) is 8.22. The van der Waals surface area contributed by atoms with Crippen molar-refractivity contribution in [1.29, 1.82) is 0 Å². The van der Waals surface area contributed by atoms with Crippen molar-refractivity contribution in [3.05, 3.63) is 58.8 Å². The smallest absolute Gasteiger partial charge is 0.220 e. The van der Waals surface area contributed by atoms with Crippen molar-refractivity contribution in [3.63, 3.8) is 0 Å². The summed E-state index contributed by atoms with van der Waals surface area (Å²) in [5.41, 5.74) is 1.13. The van der Waals surface area contributed by atoms with Gasteiger partial charge in [0.05, 0.1) is 7.11 Å². The van der Waals surface area contributed by atoms with E-state index in [2.05, 4.69) is 0 Å². The minimum absolute atomic E-state index is 0.258. The van der Waals surface area contributed by atoms with Gasteiger partial charge >= 0.3 is 0 Å². The van der Waals surface area contributed by atoms with Crippen molar-refractivity contribution in [2.75, 3.05) is 7.11 Å². The summed E-state index contributed by atoms with van der Waals surface area (Å²) in [5.74, 6) is 0.434. The highest BCUT2D eigenvalue weighted by Crippen LogP contribution is 2.28. The number of aromatic hydroxyl groups is 1. The highest BCUT2D eigenvalue weighted by Gasteiger charge is 2.05. The first kappa shape index (κ1) is 11.2. The van der Waals surface area contributed by atoms with Crippen LogP contribution in [0.15, 0.2) is 53.3 Å². The molecule has 0 heterocycles. The molecule has 0 aliphatic rings. The van der Waals surface area contributed by atoms with E-state index in [1.165, 1.54) is 12.1 Å². The van der Waals surface area contributed by atoms with E-state index in [-0.39, 0.29) is 5.75 Å². The maximum absolute atomic E-state index is 11.5. The molecule has 17 heavy (non-hydrogen) atoms. The van der Waals surface area contributed by atoms with Crippen LogP contribution in [-0.4, -0.2) is 12.2 Å². The minimum Gasteiger partial charge on any atom is -0.504 e. The molecule has 0 atom stereocenters. The molecule has 0 aliphatic carbocycles. The van der Waals surface area contributed by atoms with Crippen LogP contribution in [-0.2, 0) is 0 Å². The van der Waals surface area contributed by atoms with Crippen LogP contribution in [0.2, 0.25) is 0 Å². The molecule has 3 nitrogen and oxygen atoms in total. The van der Waals surface area contributed by atoms with E-state index in [4.69, 9.17) is 4.74 Å². The summed E-state index contributed by atoms with van der Waals surface area (Å²) in [6, 6.07) is 13.6. The molecule has 0 unspecified atom stereocenters. The average molecular weight is 228 g/mol. The van der Waals surface area contributed by atoms with Crippen molar-refractivity contribution >= 4 is 0 Å². The summed E-state index contributed by atoms with van der Waals surface area (Å²) in [5, 5.41) is 9.33. The molecule has 0 aromatic heterocycles. The Bertz CT molecular complexity index is 591. The Morgan fingerprint density at radius 3 is 2.59 bits per heavy atom. The summed E-state index contributed by atoms with van der Waals surface area (Å²) in [4.78, 5) is 11.5. The highest BCUT2D eigenvalue weighted by atomic mass is 16.5. The van der Waals surface area contributed by atoms with Gasteiger partial charge in [0.2, 0.25) is 5.43 Å². The molecule has 3 heteroatoms. The van der Waals surface area contributed by atoms with Crippen molar-refractivity contribution < 1.29 is 9.84 Å². The van der Waals surface area contributed by atoms with E-state index in [0.29, 0.717) is 11.3 Å². The lowest BCUT2D eigenvalue weighted by atomic mass is 10.1. The van der Waals surface area contributed by atoms with Gasteiger partial charge in [-0.2, -0.15) is 0 Å². The van der Waals surface area contributed by atoms with E-state index < -0.39 is 5.43 Å². The molecule has 0 fully saturated rings. The fraction of sp³-hybridized carbons (Fsp3) is 0.0714. The van der Waals surface area contributed by atoms with Crippen molar-refractivity contribution in [3.8, 4) is 22.6 Å². The molecule has 2 aromatic rings. The van der Waals surface area contributed by atoms with Gasteiger partial charge in [0.1, 0.15) is 5.75 Å². The average Bonchev–Trinajstić information content (AvgIpc) is 2.52. The summed E-state index contributed by atoms with van der Waals surface area (Å²) in [6.45, 7) is 0. The molecule has 1 N–H and O–H groups in total. The Labute approximate surface area is 98.9 Å². The predicted molar refractivity (Wildman–Crippen MR) is 66.4 cm³/mol. The fourth-order valence-electron chi connectivity index (χ4n) is 1.64. The van der Waals surface area contributed by atoms with E-state index in [9.17, 15) is 9.90 Å². The monoisotopic (exact) mass is 228 g/mol. The van der Waals surface area contributed by atoms with Crippen molar-refractivity contribution in [2.45, 2.75) is 0 Å². The van der Waals surface area contributed by atoms with Crippen LogP contribution in [0.5, 0.6) is 11.5 Å². The maximum Gasteiger partial charge on any atom is 0.220 e. The lowest BCUT2D eigenvalue weighted by Gasteiger charge is -2.06. The number of hydrogen-bond donors (Lipinski definition) is 1. The van der Waals surface area contributed by atoms with E-state index in [1.807, 2.05) is 24.3 Å². The number of benzene rings is 1. The third-order valence-corrected chi connectivity index (χ3v) is 2.49. The maximum atomic E-state index is 11.5. The lowest BCUT2D eigenvalue weighted by molar-refractivity contribution is 0.416. The molecule has 0 saturated carbocycles. The Morgan fingerprint density at radius 2 is 1.82 bits per heavy atom. The van der Waals surface area contributed by atoms with Gasteiger partial charge in [-0.1, -0.05) is 30.3 Å². The van der Waals surface area contributed by atoms with E-state index >= 15 is 0 Å². The molecule has 0 spiro atoms. The minimum atomic E-state index is -0.407. The number of rotatable bonds is 2. The predicted octanol–water partition coefficient (Wildman–Crippen LogP) is 2.43. The van der Waals surface area contributed by atoms with Crippen molar-refractivity contribution in [2.24, 2.45) is 0 Å². The molecule has 2 rings (SSSR count). The molecule has 0 radical (unpaired) electrons. The second-order valence-corrected chi connectivity index (χ2v) is 3.58. The van der Waals surface area contributed by atoms with Gasteiger partial charge in [-0.15, -0.1) is 0 Å². The Balaban J connectivity index is 2.66. The van der Waals surface area contributed by atoms with E-state index in [1.54, 1.807) is 19.2 Å². The molecule has 0 saturated heterocycles. The van der Waals surface area contributed by atoms with Crippen LogP contribution < -0.4 is 10.2 Å². The molecular formula is C14H12O3. The number of hydrogen-bond acceptors (Lipinski definition) is 3. The van der Waals surface area contributed by atoms with Crippen LogP contribution in [0, 0.1) is 0 Å². The third-order valence-electron chi connectivity index (χ3n) is 2.49. The number of methoxy groups -OCH3 is 1. The normalized spacial score (nSPS) is 9.94. The van der Waals surface area contributed by atoms with Crippen LogP contribution >= 0.6 is 0 Å². The Hall–Kier alpha value is -2.29. The molecule has 0 amide bonds. The van der Waals surface area contributed by atoms with Crippen LogP contribution in [0.3, 0.4) is 0 Å². The van der Waals surface area contributed by atoms with Gasteiger partial charge in [-0.05, 0) is 23.8 Å². The first-order valence-electron chi connectivity index (χ1n) is 5.19. The Morgan fingerprint density at radius 1 is 1.06 bits per heavy atom. The fourth-order valence-corrected chi connectivity index (χ4v) is 1.64. The molecule has 2 aromatic carbocycles. The second kappa shape index (κ2) is 4.70. The van der Waals surface area contributed by atoms with Gasteiger partial charge in [0, 0.05) is 5.56 Å². The standard InChI is InChI=1S/C14H12O3/c1-17-14-8-3-2-6-11(14)10-5-4-7-12(15)13(16)9-10/h2-9H,1H3,(H,15,16). The summed E-state index contributed by atoms with van der Waals surface area (Å²) >= 11 is 0. The zero-order valence-electron chi connectivity index (χ0n) is 9.38. The Kier molecular flexibility index (Phi) is 3.10. The van der Waals surface area contributed by atoms with Gasteiger partial charge < -0.3 is 9.84 Å². The van der Waals surface area contributed by atoms with Crippen LogP contribution in [0.25, 0.3) is 11.1 Å². The lowest BCUT2D eigenvalue weighted by Crippen LogP contribution is -1.94. The van der Waals surface area contributed by atoms with Gasteiger partial charge in [0.25, 0.3) is 0 Å². The SMILES string of the molecule is COc1ccccc1-c1cccc(O)c(=O)c1. The summed E-state index contributed by atoms with van der Waals surface area (Å²) in [7, 11) is 1.58. The number of para-hydroxylation sites is 1. The molecule has 0 bridgehead atoms. The van der Waals surface area contributed by atoms with Gasteiger partial charge in [0.15, 0.2) is 5.75 Å². The molecule has 0 aliphatic heterocycles. The zero-order chi connectivity index (χ0) is 12.3. The zero-order valence-corrected chi connectivity index (χ0v) is 9.38. The van der Waals surface area contributed by atoms with Crippen LogP contribution in [0.4, 0.5) is 0 Å². The molecule has 86 valence electrons. The summed E-state index contributed by atoms with van der Waals surface area (Å²) in [6.07, 6.45) is 0. The molecular weight excluding hydrogens is 216 g/mol. The summed E-state index contributed by atoms with van der Waals surface area (Å²) < 4.78 is 5.24. The first-order valence-corrected chi connectivity index (χ1v) is 5.19. The largest absolute Gasteiger partial charge is 0.504 e.